The normalized spacial score (nSPS) is 20.6. The highest BCUT2D eigenvalue weighted by atomic mass is 16.5. The maximum absolute atomic E-state index is 13.7. The first-order valence-corrected chi connectivity index (χ1v) is 12.2. The van der Waals surface area contributed by atoms with Crippen molar-refractivity contribution in [3.8, 4) is 5.75 Å². The number of esters is 1. The number of methoxy groups -OCH3 is 1. The number of aromatic hydroxyl groups is 1. The number of nitrogens with zero attached hydrogens (tertiary/aromatic N) is 3. The predicted octanol–water partition coefficient (Wildman–Crippen LogP) is 0.504. The molecule has 13 nitrogen and oxygen atoms in total. The fourth-order valence-corrected chi connectivity index (χ4v) is 4.64. The van der Waals surface area contributed by atoms with Crippen molar-refractivity contribution in [3.63, 3.8) is 0 Å². The Morgan fingerprint density at radius 2 is 2.11 bits per heavy atom. The molecule has 1 amide bonds. The van der Waals surface area contributed by atoms with E-state index in [2.05, 4.69) is 20.3 Å². The molecule has 13 heteroatoms. The first-order valence-electron chi connectivity index (χ1n) is 12.2. The standard InChI is InChI=1S/C25H29N5O8/c1-37-23(35)17(12-15-5-7-16(32)8-6-15)29-24(36)25(18(33)4-2-3-11-31)10-9-19(38-25)30-14-28-20-21(30)26-13-27-22(20)34/h5-8,11,13-14,17-19,32-33H,2-4,9-10,12H2,1H3,(H,29,36)(H,26,27,34)/t17?,18?,19-,25+/m1/s1. The number of amides is 1. The van der Waals surface area contributed by atoms with Gasteiger partial charge in [0.15, 0.2) is 16.8 Å². The van der Waals surface area contributed by atoms with Crippen LogP contribution in [0.1, 0.15) is 43.9 Å². The van der Waals surface area contributed by atoms with E-state index in [1.165, 1.54) is 36.5 Å². The molecule has 0 bridgehead atoms. The van der Waals surface area contributed by atoms with Gasteiger partial charge in [-0.1, -0.05) is 12.1 Å². The summed E-state index contributed by atoms with van der Waals surface area (Å²) in [6.07, 6.45) is 2.31. The van der Waals surface area contributed by atoms with Crippen LogP contribution in [0.25, 0.3) is 11.2 Å². The Bertz CT molecular complexity index is 1350. The molecule has 1 saturated heterocycles. The van der Waals surface area contributed by atoms with Gasteiger partial charge in [-0.25, -0.2) is 14.8 Å². The maximum atomic E-state index is 13.7. The van der Waals surface area contributed by atoms with Crippen LogP contribution in [0.4, 0.5) is 0 Å². The minimum absolute atomic E-state index is 0.0544. The summed E-state index contributed by atoms with van der Waals surface area (Å²) in [5, 5.41) is 23.4. The molecule has 4 atom stereocenters. The number of H-pyrrole nitrogens is 1. The molecule has 4 rings (SSSR count). The van der Waals surface area contributed by atoms with Gasteiger partial charge in [-0.2, -0.15) is 0 Å². The zero-order valence-electron chi connectivity index (χ0n) is 20.7. The van der Waals surface area contributed by atoms with Gasteiger partial charge in [-0.05, 0) is 43.4 Å². The number of aldehydes is 1. The molecule has 1 aromatic carbocycles. The number of carbonyl (C=O) groups is 3. The number of fused-ring (bicyclic) bond motifs is 1. The number of ether oxygens (including phenoxy) is 2. The van der Waals surface area contributed by atoms with Crippen molar-refractivity contribution in [1.82, 2.24) is 24.8 Å². The lowest BCUT2D eigenvalue weighted by molar-refractivity contribution is -0.171. The van der Waals surface area contributed by atoms with Crippen molar-refractivity contribution in [2.75, 3.05) is 7.11 Å². The Labute approximate surface area is 216 Å². The van der Waals surface area contributed by atoms with Crippen LogP contribution in [0, 0.1) is 0 Å². The summed E-state index contributed by atoms with van der Waals surface area (Å²) in [7, 11) is 1.20. The Morgan fingerprint density at radius 1 is 1.34 bits per heavy atom. The summed E-state index contributed by atoms with van der Waals surface area (Å²) < 4.78 is 12.6. The van der Waals surface area contributed by atoms with Gasteiger partial charge in [-0.3, -0.25) is 14.2 Å². The topological polar surface area (TPSA) is 186 Å². The van der Waals surface area contributed by atoms with E-state index in [-0.39, 0.29) is 49.0 Å². The number of aliphatic hydroxyl groups excluding tert-OH is 1. The fourth-order valence-electron chi connectivity index (χ4n) is 4.64. The number of benzene rings is 1. The summed E-state index contributed by atoms with van der Waals surface area (Å²) in [5.41, 5.74) is -1.17. The minimum Gasteiger partial charge on any atom is -0.508 e. The molecule has 38 heavy (non-hydrogen) atoms. The van der Waals surface area contributed by atoms with Gasteiger partial charge < -0.3 is 34.8 Å². The molecule has 3 aromatic rings. The lowest BCUT2D eigenvalue weighted by atomic mass is 9.88. The van der Waals surface area contributed by atoms with E-state index in [1.54, 1.807) is 12.1 Å². The summed E-state index contributed by atoms with van der Waals surface area (Å²) in [4.78, 5) is 59.9. The zero-order valence-corrected chi connectivity index (χ0v) is 20.7. The van der Waals surface area contributed by atoms with E-state index < -0.39 is 41.4 Å². The van der Waals surface area contributed by atoms with Gasteiger partial charge in [0, 0.05) is 12.8 Å². The number of imidazole rings is 1. The minimum atomic E-state index is -1.76. The zero-order chi connectivity index (χ0) is 27.3. The maximum Gasteiger partial charge on any atom is 0.328 e. The number of nitrogens with one attached hydrogen (secondary N) is 2. The average molecular weight is 528 g/mol. The Balaban J connectivity index is 1.61. The van der Waals surface area contributed by atoms with Crippen LogP contribution in [-0.2, 0) is 30.3 Å². The quantitative estimate of drug-likeness (QED) is 0.155. The molecule has 202 valence electrons. The van der Waals surface area contributed by atoms with Crippen LogP contribution in [0.2, 0.25) is 0 Å². The molecule has 0 saturated carbocycles. The van der Waals surface area contributed by atoms with Crippen LogP contribution in [0.15, 0.2) is 41.7 Å². The Hall–Kier alpha value is -4.10. The third-order valence-corrected chi connectivity index (χ3v) is 6.67. The first-order chi connectivity index (χ1) is 18.3. The average Bonchev–Trinajstić information content (AvgIpc) is 3.55. The fraction of sp³-hybridized carbons (Fsp3) is 0.440. The van der Waals surface area contributed by atoms with Crippen LogP contribution in [0.3, 0.4) is 0 Å². The van der Waals surface area contributed by atoms with Gasteiger partial charge in [0.1, 0.15) is 24.3 Å². The van der Waals surface area contributed by atoms with Gasteiger partial charge in [0.05, 0.1) is 25.9 Å². The van der Waals surface area contributed by atoms with Crippen LogP contribution >= 0.6 is 0 Å². The molecule has 2 aromatic heterocycles. The van der Waals surface area contributed by atoms with Gasteiger partial charge in [0.25, 0.3) is 11.5 Å². The van der Waals surface area contributed by atoms with Crippen molar-refractivity contribution in [2.24, 2.45) is 0 Å². The molecule has 2 unspecified atom stereocenters. The van der Waals surface area contributed by atoms with Crippen LogP contribution in [-0.4, -0.2) is 72.8 Å². The molecular formula is C25H29N5O8. The number of aliphatic hydroxyl groups is 1. The van der Waals surface area contributed by atoms with E-state index in [4.69, 9.17) is 9.47 Å². The number of hydrogen-bond donors (Lipinski definition) is 4. The Morgan fingerprint density at radius 3 is 2.82 bits per heavy atom. The van der Waals surface area contributed by atoms with E-state index in [0.717, 1.165) is 6.29 Å². The van der Waals surface area contributed by atoms with Crippen molar-refractivity contribution in [1.29, 1.82) is 0 Å². The molecule has 3 heterocycles. The van der Waals surface area contributed by atoms with Crippen LogP contribution in [0.5, 0.6) is 5.75 Å². The molecule has 1 aliphatic rings. The molecule has 0 aliphatic carbocycles. The van der Waals surface area contributed by atoms with Crippen molar-refractivity contribution < 1.29 is 34.1 Å². The summed E-state index contributed by atoms with van der Waals surface area (Å²) in [6.45, 7) is 0. The lowest BCUT2D eigenvalue weighted by Crippen LogP contribution is -2.58. The smallest absolute Gasteiger partial charge is 0.328 e. The van der Waals surface area contributed by atoms with E-state index >= 15 is 0 Å². The van der Waals surface area contributed by atoms with Crippen molar-refractivity contribution in [2.45, 2.75) is 62.5 Å². The van der Waals surface area contributed by atoms with Crippen LogP contribution < -0.4 is 10.9 Å². The summed E-state index contributed by atoms with van der Waals surface area (Å²) in [5.74, 6) is -1.36. The summed E-state index contributed by atoms with van der Waals surface area (Å²) in [6, 6.07) is 5.05. The highest BCUT2D eigenvalue weighted by molar-refractivity contribution is 5.90. The number of aromatic nitrogens is 4. The monoisotopic (exact) mass is 527 g/mol. The molecule has 0 radical (unpaired) electrons. The predicted molar refractivity (Wildman–Crippen MR) is 132 cm³/mol. The highest BCUT2D eigenvalue weighted by Gasteiger charge is 2.53. The molecule has 0 spiro atoms. The second kappa shape index (κ2) is 11.5. The van der Waals surface area contributed by atoms with E-state index in [9.17, 15) is 29.4 Å². The third kappa shape index (κ3) is 5.43. The van der Waals surface area contributed by atoms with Gasteiger partial charge in [0.2, 0.25) is 0 Å². The van der Waals surface area contributed by atoms with Gasteiger partial charge in [-0.15, -0.1) is 0 Å². The van der Waals surface area contributed by atoms with E-state index in [1.807, 2.05) is 0 Å². The number of unbranched alkanes of at least 4 members (excludes halogenated alkanes) is 1. The Kier molecular flexibility index (Phi) is 8.17. The number of aromatic amines is 1. The number of rotatable bonds is 11. The number of carbonyl (C=O) groups excluding carboxylic acids is 3. The number of hydrogen-bond acceptors (Lipinski definition) is 10. The number of phenols is 1. The number of phenolic OH excluding ortho intramolecular Hbond substituents is 1. The molecule has 1 fully saturated rings. The second-order valence-corrected chi connectivity index (χ2v) is 9.09. The second-order valence-electron chi connectivity index (χ2n) is 9.09. The SMILES string of the molecule is COC(=O)C(Cc1ccc(O)cc1)NC(=O)[C@@]1(C(O)CCCC=O)CC[C@H](n2cnc3c(=O)[nH]cnc32)O1. The first kappa shape index (κ1) is 26.9. The lowest BCUT2D eigenvalue weighted by Gasteiger charge is -2.34. The molecular weight excluding hydrogens is 498 g/mol. The summed E-state index contributed by atoms with van der Waals surface area (Å²) >= 11 is 0. The third-order valence-electron chi connectivity index (χ3n) is 6.67. The largest absolute Gasteiger partial charge is 0.508 e. The molecule has 1 aliphatic heterocycles. The van der Waals surface area contributed by atoms with Crippen molar-refractivity contribution >= 4 is 29.3 Å². The van der Waals surface area contributed by atoms with Gasteiger partial charge >= 0.3 is 5.97 Å². The highest BCUT2D eigenvalue weighted by Crippen LogP contribution is 2.41. The van der Waals surface area contributed by atoms with Crippen molar-refractivity contribution in [3.05, 3.63) is 52.8 Å². The molecule has 4 N–H and O–H groups in total. The van der Waals surface area contributed by atoms with E-state index in [0.29, 0.717) is 12.0 Å².